The number of unbranched alkanes of at least 4 members (excludes halogenated alkanes) is 12. The number of ether oxygens (including phenoxy) is 1. The van der Waals surface area contributed by atoms with Crippen LogP contribution in [-0.2, 0) is 9.53 Å². The summed E-state index contributed by atoms with van der Waals surface area (Å²) in [5, 5.41) is 0. The van der Waals surface area contributed by atoms with Crippen LogP contribution < -0.4 is 0 Å². The van der Waals surface area contributed by atoms with Gasteiger partial charge in [0, 0.05) is 6.42 Å². The fraction of sp³-hybridized carbons (Fsp3) is 0.864. The van der Waals surface area contributed by atoms with E-state index in [2.05, 4.69) is 19.1 Å². The Morgan fingerprint density at radius 2 is 1.17 bits per heavy atom. The topological polar surface area (TPSA) is 26.3 Å². The molecule has 2 nitrogen and oxygen atoms in total. The van der Waals surface area contributed by atoms with Crippen molar-refractivity contribution in [2.24, 2.45) is 0 Å². The highest BCUT2D eigenvalue weighted by Crippen LogP contribution is 2.10. The molecule has 0 spiro atoms. The van der Waals surface area contributed by atoms with Gasteiger partial charge in [-0.15, -0.1) is 0 Å². The third kappa shape index (κ3) is 19.3. The van der Waals surface area contributed by atoms with Gasteiger partial charge in [-0.05, 0) is 38.5 Å². The van der Waals surface area contributed by atoms with Gasteiger partial charge in [-0.1, -0.05) is 83.8 Å². The zero-order valence-electron chi connectivity index (χ0n) is 16.5. The largest absolute Gasteiger partial charge is 0.466 e. The molecular weight excluding hydrogens is 296 g/mol. The zero-order chi connectivity index (χ0) is 17.7. The first-order valence-electron chi connectivity index (χ1n) is 10.6. The molecule has 142 valence electrons. The van der Waals surface area contributed by atoms with Crippen molar-refractivity contribution in [1.82, 2.24) is 0 Å². The molecule has 0 aliphatic carbocycles. The van der Waals surface area contributed by atoms with Crippen molar-refractivity contribution in [3.8, 4) is 0 Å². The molecule has 0 radical (unpaired) electrons. The molecule has 0 aliphatic heterocycles. The number of carbonyl (C=O) groups is 1. The molecule has 0 aliphatic rings. The van der Waals surface area contributed by atoms with Gasteiger partial charge in [-0.25, -0.2) is 0 Å². The van der Waals surface area contributed by atoms with Crippen LogP contribution in [0, 0.1) is 0 Å². The molecule has 0 N–H and O–H groups in total. The first-order valence-corrected chi connectivity index (χ1v) is 10.6. The predicted octanol–water partition coefficient (Wildman–Crippen LogP) is 7.37. The molecular formula is C22H42O2. The van der Waals surface area contributed by atoms with Crippen molar-refractivity contribution in [2.75, 3.05) is 6.61 Å². The van der Waals surface area contributed by atoms with Gasteiger partial charge in [0.1, 0.15) is 0 Å². The van der Waals surface area contributed by atoms with Gasteiger partial charge in [0.2, 0.25) is 0 Å². The lowest BCUT2D eigenvalue weighted by atomic mass is 10.1. The highest BCUT2D eigenvalue weighted by Gasteiger charge is 1.99. The summed E-state index contributed by atoms with van der Waals surface area (Å²) in [7, 11) is 0. The van der Waals surface area contributed by atoms with E-state index in [1.165, 1.54) is 83.5 Å². The zero-order valence-corrected chi connectivity index (χ0v) is 16.5. The van der Waals surface area contributed by atoms with Crippen molar-refractivity contribution >= 4 is 5.97 Å². The van der Waals surface area contributed by atoms with E-state index < -0.39 is 0 Å². The number of esters is 1. The summed E-state index contributed by atoms with van der Waals surface area (Å²) in [6, 6.07) is 0. The van der Waals surface area contributed by atoms with Crippen molar-refractivity contribution in [2.45, 2.75) is 117 Å². The van der Waals surface area contributed by atoms with Gasteiger partial charge < -0.3 is 4.74 Å². The second kappa shape index (κ2) is 20.3. The molecule has 2 heteroatoms. The standard InChI is InChI=1S/C22H42O2/c1-3-5-6-7-8-9-10-11-12-13-14-15-16-17-18-19-21-24-22(23)20-4-2/h13-14H,3-12,15-21H2,1-2H3/b14-13-. The third-order valence-electron chi connectivity index (χ3n) is 4.37. The minimum Gasteiger partial charge on any atom is -0.466 e. The Hall–Kier alpha value is -0.790. The van der Waals surface area contributed by atoms with E-state index in [0.29, 0.717) is 13.0 Å². The summed E-state index contributed by atoms with van der Waals surface area (Å²) in [6.07, 6.45) is 24.5. The van der Waals surface area contributed by atoms with E-state index >= 15 is 0 Å². The minimum atomic E-state index is -0.0404. The van der Waals surface area contributed by atoms with Gasteiger partial charge in [0.05, 0.1) is 6.61 Å². The summed E-state index contributed by atoms with van der Waals surface area (Å²) >= 11 is 0. The summed E-state index contributed by atoms with van der Waals surface area (Å²) < 4.78 is 5.15. The summed E-state index contributed by atoms with van der Waals surface area (Å²) in [6.45, 7) is 4.88. The number of hydrogen-bond acceptors (Lipinski definition) is 2. The van der Waals surface area contributed by atoms with Crippen molar-refractivity contribution in [3.05, 3.63) is 12.2 Å². The Morgan fingerprint density at radius 1 is 0.667 bits per heavy atom. The highest BCUT2D eigenvalue weighted by atomic mass is 16.5. The van der Waals surface area contributed by atoms with E-state index in [4.69, 9.17) is 4.74 Å². The summed E-state index contributed by atoms with van der Waals surface area (Å²) in [4.78, 5) is 11.2. The fourth-order valence-electron chi connectivity index (χ4n) is 2.81. The molecule has 0 saturated carbocycles. The van der Waals surface area contributed by atoms with Crippen LogP contribution in [0.3, 0.4) is 0 Å². The van der Waals surface area contributed by atoms with Gasteiger partial charge in [-0.2, -0.15) is 0 Å². The van der Waals surface area contributed by atoms with Crippen LogP contribution in [0.4, 0.5) is 0 Å². The number of allylic oxidation sites excluding steroid dienone is 2. The highest BCUT2D eigenvalue weighted by molar-refractivity contribution is 5.69. The molecule has 0 heterocycles. The van der Waals surface area contributed by atoms with Crippen LogP contribution in [0.15, 0.2) is 12.2 Å². The quantitative estimate of drug-likeness (QED) is 0.148. The molecule has 0 amide bonds. The predicted molar refractivity (Wildman–Crippen MR) is 105 cm³/mol. The number of hydrogen-bond donors (Lipinski definition) is 0. The molecule has 0 unspecified atom stereocenters. The van der Waals surface area contributed by atoms with Gasteiger partial charge in [0.15, 0.2) is 0 Å². The molecule has 0 aromatic rings. The maximum atomic E-state index is 11.2. The number of rotatable bonds is 18. The van der Waals surface area contributed by atoms with Gasteiger partial charge in [0.25, 0.3) is 0 Å². The molecule has 24 heavy (non-hydrogen) atoms. The van der Waals surface area contributed by atoms with Crippen LogP contribution >= 0.6 is 0 Å². The Morgan fingerprint density at radius 3 is 1.71 bits per heavy atom. The molecule has 0 aromatic carbocycles. The van der Waals surface area contributed by atoms with Crippen molar-refractivity contribution < 1.29 is 9.53 Å². The molecule has 0 fully saturated rings. The van der Waals surface area contributed by atoms with Crippen LogP contribution in [0.5, 0.6) is 0 Å². The third-order valence-corrected chi connectivity index (χ3v) is 4.37. The van der Waals surface area contributed by atoms with Crippen LogP contribution in [0.25, 0.3) is 0 Å². The first-order chi connectivity index (χ1) is 11.8. The lowest BCUT2D eigenvalue weighted by Crippen LogP contribution is -2.04. The van der Waals surface area contributed by atoms with E-state index in [-0.39, 0.29) is 5.97 Å². The molecule has 0 bridgehead atoms. The Bertz CT molecular complexity index is 284. The molecule has 0 saturated heterocycles. The summed E-state index contributed by atoms with van der Waals surface area (Å²) in [5.74, 6) is -0.0404. The first kappa shape index (κ1) is 23.2. The van der Waals surface area contributed by atoms with Gasteiger partial charge in [-0.3, -0.25) is 4.79 Å². The monoisotopic (exact) mass is 338 g/mol. The molecule has 0 rings (SSSR count). The molecule has 0 atom stereocenters. The maximum absolute atomic E-state index is 11.2. The lowest BCUT2D eigenvalue weighted by Gasteiger charge is -2.03. The number of carbonyl (C=O) groups excluding carboxylic acids is 1. The van der Waals surface area contributed by atoms with Crippen molar-refractivity contribution in [1.29, 1.82) is 0 Å². The molecule has 0 aromatic heterocycles. The van der Waals surface area contributed by atoms with Crippen LogP contribution in [0.1, 0.15) is 117 Å². The lowest BCUT2D eigenvalue weighted by molar-refractivity contribution is -0.143. The van der Waals surface area contributed by atoms with Crippen LogP contribution in [0.2, 0.25) is 0 Å². The average Bonchev–Trinajstić information content (AvgIpc) is 2.58. The minimum absolute atomic E-state index is 0.0404. The Labute approximate surface area is 151 Å². The normalized spacial score (nSPS) is 11.2. The second-order valence-electron chi connectivity index (χ2n) is 6.91. The fourth-order valence-corrected chi connectivity index (χ4v) is 2.81. The summed E-state index contributed by atoms with van der Waals surface area (Å²) in [5.41, 5.74) is 0. The SMILES string of the molecule is CCCCCCCCCC/C=C\CCCCCCOC(=O)CCC. The average molecular weight is 339 g/mol. The van der Waals surface area contributed by atoms with Crippen molar-refractivity contribution in [3.63, 3.8) is 0 Å². The Kier molecular flexibility index (Phi) is 19.6. The second-order valence-corrected chi connectivity index (χ2v) is 6.91. The smallest absolute Gasteiger partial charge is 0.305 e. The van der Waals surface area contributed by atoms with E-state index in [0.717, 1.165) is 12.8 Å². The van der Waals surface area contributed by atoms with Gasteiger partial charge >= 0.3 is 5.97 Å². The van der Waals surface area contributed by atoms with E-state index in [1.807, 2.05) is 6.92 Å². The maximum Gasteiger partial charge on any atom is 0.305 e. The Balaban J connectivity index is 3.12. The van der Waals surface area contributed by atoms with E-state index in [1.54, 1.807) is 0 Å². The van der Waals surface area contributed by atoms with Crippen LogP contribution in [-0.4, -0.2) is 12.6 Å². The van der Waals surface area contributed by atoms with E-state index in [9.17, 15) is 4.79 Å².